The molecule has 0 spiro atoms. The second-order valence-electron chi connectivity index (χ2n) is 15.3. The first-order valence-electron chi connectivity index (χ1n) is 20.4. The number of anilines is 1. The summed E-state index contributed by atoms with van der Waals surface area (Å²) >= 11 is 0. The molecule has 56 heavy (non-hydrogen) atoms. The third-order valence-electron chi connectivity index (χ3n) is 12.4. The normalized spacial score (nSPS) is 26.1. The van der Waals surface area contributed by atoms with E-state index in [1.165, 1.54) is 18.9 Å². The maximum Gasteiger partial charge on any atom is 0.318 e. The fraction of sp³-hybridized carbons (Fsp3) is 0.568. The van der Waals surface area contributed by atoms with Crippen molar-refractivity contribution in [1.82, 2.24) is 24.7 Å². The van der Waals surface area contributed by atoms with Crippen LogP contribution >= 0.6 is 0 Å². The van der Waals surface area contributed by atoms with Crippen molar-refractivity contribution in [1.29, 1.82) is 0 Å². The minimum atomic E-state index is -0.518. The predicted molar refractivity (Wildman–Crippen MR) is 214 cm³/mol. The van der Waals surface area contributed by atoms with Crippen molar-refractivity contribution in [3.05, 3.63) is 70.7 Å². The molecule has 0 saturated carbocycles. The molecule has 5 atom stereocenters. The first-order chi connectivity index (χ1) is 27.3. The monoisotopic (exact) mass is 770 g/mol. The number of piperidine rings is 1. The van der Waals surface area contributed by atoms with Crippen LogP contribution in [0.15, 0.2) is 42.5 Å². The maximum absolute atomic E-state index is 14.7. The summed E-state index contributed by atoms with van der Waals surface area (Å²) in [6.45, 7) is 10.3. The summed E-state index contributed by atoms with van der Waals surface area (Å²) < 4.78 is 44.7. The van der Waals surface area contributed by atoms with E-state index in [0.29, 0.717) is 56.2 Å². The zero-order chi connectivity index (χ0) is 39.3. The van der Waals surface area contributed by atoms with E-state index in [4.69, 9.17) is 30.6 Å². The van der Waals surface area contributed by atoms with Crippen LogP contribution in [0.2, 0.25) is 0 Å². The molecule has 1 amide bonds. The fourth-order valence-corrected chi connectivity index (χ4v) is 9.44. The van der Waals surface area contributed by atoms with Crippen molar-refractivity contribution in [2.45, 2.75) is 102 Å². The van der Waals surface area contributed by atoms with Gasteiger partial charge in [0.15, 0.2) is 0 Å². The molecule has 12 heteroatoms. The number of hydrogen-bond acceptors (Lipinski definition) is 9. The lowest BCUT2D eigenvalue weighted by Gasteiger charge is -2.48. The van der Waals surface area contributed by atoms with Crippen molar-refractivity contribution < 1.29 is 27.8 Å². The SMILES string of the molecule is C#Cc1c(F)ccc2cccc(C3Cc4nc(OC)nc(N5CC6C5CCN6C(=O)/C=C/CN5CCC(OC)CC5)c4CO3)c12.CC.FC1CC2CCCN2C1. The Kier molecular flexibility index (Phi) is 12.9. The Balaban J connectivity index is 0.000000377. The van der Waals surface area contributed by atoms with Crippen LogP contribution in [0.25, 0.3) is 10.8 Å². The van der Waals surface area contributed by atoms with Gasteiger partial charge in [-0.05, 0) is 62.1 Å². The molecule has 0 bridgehead atoms. The van der Waals surface area contributed by atoms with Gasteiger partial charge in [-0.25, -0.2) is 8.78 Å². The molecule has 0 N–H and O–H groups in total. The topological polar surface area (TPSA) is 83.5 Å². The van der Waals surface area contributed by atoms with Gasteiger partial charge in [-0.3, -0.25) is 14.6 Å². The van der Waals surface area contributed by atoms with Crippen LogP contribution in [-0.4, -0.2) is 121 Å². The molecule has 5 saturated heterocycles. The third kappa shape index (κ3) is 8.15. The van der Waals surface area contributed by atoms with Gasteiger partial charge in [0, 0.05) is 75.9 Å². The van der Waals surface area contributed by atoms with Crippen molar-refractivity contribution in [2.75, 3.05) is 64.9 Å². The highest BCUT2D eigenvalue weighted by atomic mass is 19.1. The molecule has 6 aliphatic rings. The number of amides is 1. The van der Waals surface area contributed by atoms with Crippen molar-refractivity contribution >= 4 is 22.5 Å². The van der Waals surface area contributed by atoms with Gasteiger partial charge >= 0.3 is 6.01 Å². The first kappa shape index (κ1) is 40.1. The van der Waals surface area contributed by atoms with Crippen LogP contribution in [0.5, 0.6) is 6.01 Å². The van der Waals surface area contributed by atoms with Gasteiger partial charge in [0.25, 0.3) is 0 Å². The number of fused-ring (bicyclic) bond motifs is 4. The van der Waals surface area contributed by atoms with E-state index in [1.807, 2.05) is 43.0 Å². The summed E-state index contributed by atoms with van der Waals surface area (Å²) in [6, 6.07) is 10.2. The second kappa shape index (κ2) is 18.0. The first-order valence-corrected chi connectivity index (χ1v) is 20.4. The average molecular weight is 771 g/mol. The molecule has 7 heterocycles. The van der Waals surface area contributed by atoms with E-state index in [9.17, 15) is 13.6 Å². The number of nitrogens with zero attached hydrogens (tertiary/aromatic N) is 6. The van der Waals surface area contributed by atoms with Gasteiger partial charge in [0.1, 0.15) is 17.8 Å². The number of benzene rings is 2. The molecule has 9 rings (SSSR count). The van der Waals surface area contributed by atoms with Gasteiger partial charge in [-0.2, -0.15) is 9.97 Å². The zero-order valence-electron chi connectivity index (χ0n) is 33.3. The Bertz CT molecular complexity index is 1920. The van der Waals surface area contributed by atoms with Crippen LogP contribution in [0.4, 0.5) is 14.6 Å². The van der Waals surface area contributed by atoms with E-state index in [0.717, 1.165) is 79.9 Å². The van der Waals surface area contributed by atoms with Gasteiger partial charge < -0.3 is 24.0 Å². The quantitative estimate of drug-likeness (QED) is 0.205. The number of carbonyl (C=O) groups is 1. The van der Waals surface area contributed by atoms with E-state index >= 15 is 0 Å². The van der Waals surface area contributed by atoms with Crippen molar-refractivity contribution in [3.8, 4) is 18.4 Å². The molecule has 0 aliphatic carbocycles. The number of likely N-dealkylation sites (tertiary alicyclic amines) is 2. The van der Waals surface area contributed by atoms with Crippen LogP contribution in [-0.2, 0) is 27.3 Å². The largest absolute Gasteiger partial charge is 0.467 e. The highest BCUT2D eigenvalue weighted by molar-refractivity contribution is 5.92. The van der Waals surface area contributed by atoms with E-state index in [1.54, 1.807) is 26.4 Å². The van der Waals surface area contributed by atoms with E-state index < -0.39 is 12.0 Å². The molecule has 6 aliphatic heterocycles. The molecular formula is C44H56F2N6O4. The number of methoxy groups -OCH3 is 2. The smallest absolute Gasteiger partial charge is 0.318 e. The molecule has 5 unspecified atom stereocenters. The number of halogens is 2. The highest BCUT2D eigenvalue weighted by Crippen LogP contribution is 2.42. The Labute approximate surface area is 330 Å². The number of hydrogen-bond donors (Lipinski definition) is 0. The van der Waals surface area contributed by atoms with Crippen LogP contribution in [0, 0.1) is 18.2 Å². The Morgan fingerprint density at radius 1 is 1.04 bits per heavy atom. The zero-order valence-corrected chi connectivity index (χ0v) is 33.3. The van der Waals surface area contributed by atoms with Gasteiger partial charge in [-0.1, -0.05) is 50.1 Å². The molecule has 5 fully saturated rings. The minimum absolute atomic E-state index is 0.0697. The lowest BCUT2D eigenvalue weighted by molar-refractivity contribution is -0.127. The fourth-order valence-electron chi connectivity index (χ4n) is 9.44. The maximum atomic E-state index is 14.7. The summed E-state index contributed by atoms with van der Waals surface area (Å²) in [5.41, 5.74) is 2.85. The van der Waals surface area contributed by atoms with Gasteiger partial charge in [0.2, 0.25) is 5.91 Å². The Hall–Kier alpha value is -4.15. The number of terminal acetylenes is 1. The van der Waals surface area contributed by atoms with E-state index in [2.05, 4.69) is 20.6 Å². The third-order valence-corrected chi connectivity index (χ3v) is 12.4. The number of ether oxygens (including phenoxy) is 3. The summed E-state index contributed by atoms with van der Waals surface area (Å²) in [6.07, 6.45) is 15.7. The van der Waals surface area contributed by atoms with E-state index in [-0.39, 0.29) is 29.7 Å². The molecule has 0 radical (unpaired) electrons. The molecule has 10 nitrogen and oxygen atoms in total. The summed E-state index contributed by atoms with van der Waals surface area (Å²) in [5.74, 6) is 2.98. The lowest BCUT2D eigenvalue weighted by atomic mass is 9.91. The predicted octanol–water partition coefficient (Wildman–Crippen LogP) is 6.25. The summed E-state index contributed by atoms with van der Waals surface area (Å²) in [4.78, 5) is 31.5. The summed E-state index contributed by atoms with van der Waals surface area (Å²) in [5, 5.41) is 1.56. The summed E-state index contributed by atoms with van der Waals surface area (Å²) in [7, 11) is 3.34. The van der Waals surface area contributed by atoms with Gasteiger partial charge in [0.05, 0.1) is 49.3 Å². The number of carbonyl (C=O) groups excluding carboxylic acids is 1. The average Bonchev–Trinajstić information content (AvgIpc) is 3.91. The lowest BCUT2D eigenvalue weighted by Crippen LogP contribution is -2.63. The molecule has 300 valence electrons. The van der Waals surface area contributed by atoms with Crippen molar-refractivity contribution in [3.63, 3.8) is 0 Å². The highest BCUT2D eigenvalue weighted by Gasteiger charge is 2.50. The van der Waals surface area contributed by atoms with Gasteiger partial charge in [-0.15, -0.1) is 6.42 Å². The Morgan fingerprint density at radius 3 is 2.61 bits per heavy atom. The number of rotatable bonds is 7. The van der Waals surface area contributed by atoms with Crippen LogP contribution < -0.4 is 9.64 Å². The van der Waals surface area contributed by atoms with Crippen molar-refractivity contribution in [2.24, 2.45) is 0 Å². The molecular weight excluding hydrogens is 715 g/mol. The Morgan fingerprint density at radius 2 is 1.86 bits per heavy atom. The minimum Gasteiger partial charge on any atom is -0.467 e. The molecule has 1 aromatic heterocycles. The number of aromatic nitrogens is 2. The number of alkyl halides is 1. The second-order valence-corrected chi connectivity index (χ2v) is 15.3. The molecule has 2 aromatic carbocycles. The van der Waals surface area contributed by atoms with Crippen LogP contribution in [0.1, 0.15) is 80.9 Å². The molecule has 3 aromatic rings. The van der Waals surface area contributed by atoms with Crippen LogP contribution in [0.3, 0.4) is 0 Å². The standard InChI is InChI=1S/C35H38FN5O4.C7H12FN.C2H6/c1-4-24-27(36)11-10-22-7-5-8-25(33(22)24)31-19-28-26(21-45-31)34(38-35(37-28)44-3)41-20-30-29(41)14-18-40(30)32(42)9-6-15-39-16-12-23(43-2)13-17-39;8-6-4-7-2-1-3-9(7)5-6;1-2/h1,5-11,23,29-31H,12-21H2,2-3H3;6-7H,1-5H2;1-2H3/b9-6+;;.